The SMILES string of the molecule is C=CCOc1ccc(C2c3c(oc4ccc(C)cc4c3=O)C(=O)N2c2nnc(C)s2)cc1. The van der Waals surface area contributed by atoms with Gasteiger partial charge in [0.05, 0.1) is 17.0 Å². The van der Waals surface area contributed by atoms with E-state index in [0.717, 1.165) is 16.1 Å². The van der Waals surface area contributed by atoms with Crippen LogP contribution < -0.4 is 15.1 Å². The maximum Gasteiger partial charge on any atom is 0.297 e. The first-order valence-corrected chi connectivity index (χ1v) is 10.8. The molecule has 0 saturated carbocycles. The third-order valence-electron chi connectivity index (χ3n) is 5.31. The van der Waals surface area contributed by atoms with Crippen molar-refractivity contribution in [2.45, 2.75) is 19.9 Å². The highest BCUT2D eigenvalue weighted by Crippen LogP contribution is 2.42. The lowest BCUT2D eigenvalue weighted by Crippen LogP contribution is -2.29. The number of carbonyl (C=O) groups excluding carboxylic acids is 1. The van der Waals surface area contributed by atoms with Crippen LogP contribution in [-0.2, 0) is 0 Å². The number of nitrogens with zero attached hydrogens (tertiary/aromatic N) is 3. The molecular weight excluding hydrogens is 426 g/mol. The molecular formula is C24H19N3O4S. The summed E-state index contributed by atoms with van der Waals surface area (Å²) < 4.78 is 11.5. The maximum atomic E-state index is 13.6. The molecule has 0 aliphatic carbocycles. The highest BCUT2D eigenvalue weighted by atomic mass is 32.1. The molecule has 1 unspecified atom stereocenters. The molecule has 7 nitrogen and oxygen atoms in total. The second-order valence-corrected chi connectivity index (χ2v) is 8.68. The molecule has 32 heavy (non-hydrogen) atoms. The van der Waals surface area contributed by atoms with Crippen LogP contribution in [0.1, 0.15) is 38.3 Å². The van der Waals surface area contributed by atoms with Crippen molar-refractivity contribution in [3.05, 3.63) is 92.8 Å². The Labute approximate surface area is 187 Å². The molecule has 5 rings (SSSR count). The molecule has 0 radical (unpaired) electrons. The van der Waals surface area contributed by atoms with Gasteiger partial charge in [-0.15, -0.1) is 10.2 Å². The Hall–Kier alpha value is -3.78. The Morgan fingerprint density at radius 2 is 1.94 bits per heavy atom. The number of rotatable bonds is 5. The predicted molar refractivity (Wildman–Crippen MR) is 123 cm³/mol. The van der Waals surface area contributed by atoms with E-state index in [1.54, 1.807) is 30.3 Å². The summed E-state index contributed by atoms with van der Waals surface area (Å²) in [6, 6.07) is 12.0. The van der Waals surface area contributed by atoms with Crippen molar-refractivity contribution >= 4 is 33.3 Å². The standard InChI is InChI=1S/C24H19N3O4S/c1-4-11-30-16-8-6-15(7-9-16)20-19-21(28)17-12-13(2)5-10-18(17)31-22(19)23(29)27(20)24-26-25-14(3)32-24/h4-10,12,20H,1,11H2,2-3H3. The second kappa shape index (κ2) is 7.72. The van der Waals surface area contributed by atoms with Crippen LogP contribution in [0.5, 0.6) is 5.75 Å². The van der Waals surface area contributed by atoms with Crippen LogP contribution in [0.3, 0.4) is 0 Å². The highest BCUT2D eigenvalue weighted by molar-refractivity contribution is 7.15. The highest BCUT2D eigenvalue weighted by Gasteiger charge is 2.45. The van der Waals surface area contributed by atoms with E-state index < -0.39 is 11.9 Å². The summed E-state index contributed by atoms with van der Waals surface area (Å²) in [7, 11) is 0. The minimum absolute atomic E-state index is 0.0381. The molecule has 1 aliphatic heterocycles. The quantitative estimate of drug-likeness (QED) is 0.418. The van der Waals surface area contributed by atoms with Crippen LogP contribution in [0.15, 0.2) is 64.3 Å². The van der Waals surface area contributed by atoms with E-state index in [-0.39, 0.29) is 11.2 Å². The molecule has 0 bridgehead atoms. The van der Waals surface area contributed by atoms with Gasteiger partial charge >= 0.3 is 0 Å². The Morgan fingerprint density at radius 3 is 2.62 bits per heavy atom. The molecule has 0 spiro atoms. The Morgan fingerprint density at radius 1 is 1.16 bits per heavy atom. The van der Waals surface area contributed by atoms with Gasteiger partial charge in [-0.25, -0.2) is 0 Å². The van der Waals surface area contributed by atoms with Crippen molar-refractivity contribution < 1.29 is 13.9 Å². The van der Waals surface area contributed by atoms with E-state index in [1.807, 2.05) is 32.0 Å². The van der Waals surface area contributed by atoms with Crippen molar-refractivity contribution in [1.29, 1.82) is 0 Å². The number of carbonyl (C=O) groups is 1. The van der Waals surface area contributed by atoms with Crippen LogP contribution in [0.4, 0.5) is 5.13 Å². The van der Waals surface area contributed by atoms with E-state index in [4.69, 9.17) is 9.15 Å². The lowest BCUT2D eigenvalue weighted by Gasteiger charge is -2.22. The zero-order valence-electron chi connectivity index (χ0n) is 17.5. The topological polar surface area (TPSA) is 85.5 Å². The van der Waals surface area contributed by atoms with Gasteiger partial charge < -0.3 is 9.15 Å². The van der Waals surface area contributed by atoms with Gasteiger partial charge in [-0.1, -0.05) is 47.8 Å². The molecule has 0 fully saturated rings. The van der Waals surface area contributed by atoms with Crippen molar-refractivity contribution in [3.8, 4) is 5.75 Å². The minimum atomic E-state index is -0.681. The third kappa shape index (κ3) is 3.20. The number of hydrogen-bond donors (Lipinski definition) is 0. The molecule has 0 N–H and O–H groups in total. The van der Waals surface area contributed by atoms with Crippen LogP contribution >= 0.6 is 11.3 Å². The minimum Gasteiger partial charge on any atom is -0.490 e. The van der Waals surface area contributed by atoms with Crippen LogP contribution in [-0.4, -0.2) is 22.7 Å². The molecule has 3 heterocycles. The number of ether oxygens (including phenoxy) is 1. The van der Waals surface area contributed by atoms with Gasteiger partial charge in [0.15, 0.2) is 5.43 Å². The number of hydrogen-bond acceptors (Lipinski definition) is 7. The summed E-state index contributed by atoms with van der Waals surface area (Å²) in [5, 5.41) is 9.81. The first kappa shape index (κ1) is 20.1. The number of aromatic nitrogens is 2. The number of amides is 1. The second-order valence-electron chi connectivity index (χ2n) is 7.52. The number of aryl methyl sites for hydroxylation is 2. The van der Waals surface area contributed by atoms with Crippen molar-refractivity contribution in [2.24, 2.45) is 0 Å². The van der Waals surface area contributed by atoms with Crippen molar-refractivity contribution in [3.63, 3.8) is 0 Å². The fourth-order valence-corrected chi connectivity index (χ4v) is 4.60. The molecule has 1 atom stereocenters. The van der Waals surface area contributed by atoms with Crippen molar-refractivity contribution in [1.82, 2.24) is 10.2 Å². The summed E-state index contributed by atoms with van der Waals surface area (Å²) in [5.41, 5.74) is 2.15. The summed E-state index contributed by atoms with van der Waals surface area (Å²) in [4.78, 5) is 28.5. The molecule has 160 valence electrons. The van der Waals surface area contributed by atoms with Gasteiger partial charge in [0.25, 0.3) is 5.91 Å². The Balaban J connectivity index is 1.72. The first-order chi connectivity index (χ1) is 15.5. The lowest BCUT2D eigenvalue weighted by molar-refractivity contribution is 0.0970. The maximum absolute atomic E-state index is 13.6. The first-order valence-electron chi connectivity index (χ1n) is 10.0. The van der Waals surface area contributed by atoms with Crippen molar-refractivity contribution in [2.75, 3.05) is 11.5 Å². The van der Waals surface area contributed by atoms with E-state index in [0.29, 0.717) is 34.0 Å². The fraction of sp³-hybridized carbons (Fsp3) is 0.167. The largest absolute Gasteiger partial charge is 0.490 e. The van der Waals surface area contributed by atoms with Gasteiger partial charge in [0, 0.05) is 0 Å². The average molecular weight is 446 g/mol. The normalized spacial score (nSPS) is 15.2. The van der Waals surface area contributed by atoms with Gasteiger partial charge in [0.1, 0.15) is 22.9 Å². The van der Waals surface area contributed by atoms with E-state index in [1.165, 1.54) is 16.2 Å². The lowest BCUT2D eigenvalue weighted by atomic mass is 9.98. The Kier molecular flexibility index (Phi) is 4.86. The molecule has 0 saturated heterocycles. The number of anilines is 1. The molecule has 2 aromatic heterocycles. The smallest absolute Gasteiger partial charge is 0.297 e. The molecule has 2 aromatic carbocycles. The van der Waals surface area contributed by atoms with Crippen LogP contribution in [0, 0.1) is 13.8 Å². The van der Waals surface area contributed by atoms with E-state index >= 15 is 0 Å². The van der Waals surface area contributed by atoms with Gasteiger partial charge in [-0.3, -0.25) is 14.5 Å². The molecule has 8 heteroatoms. The van der Waals surface area contributed by atoms with Gasteiger partial charge in [-0.05, 0) is 43.7 Å². The monoisotopic (exact) mass is 445 g/mol. The predicted octanol–water partition coefficient (Wildman–Crippen LogP) is 4.58. The van der Waals surface area contributed by atoms with E-state index in [2.05, 4.69) is 16.8 Å². The molecule has 4 aromatic rings. The summed E-state index contributed by atoms with van der Waals surface area (Å²) in [6.07, 6.45) is 1.66. The number of benzene rings is 2. The van der Waals surface area contributed by atoms with Crippen LogP contribution in [0.2, 0.25) is 0 Å². The Bertz CT molecular complexity index is 1420. The number of fused-ring (bicyclic) bond motifs is 2. The molecule has 1 aliphatic rings. The summed E-state index contributed by atoms with van der Waals surface area (Å²) in [5.74, 6) is 0.293. The van der Waals surface area contributed by atoms with Gasteiger partial charge in [-0.2, -0.15) is 0 Å². The fourth-order valence-electron chi connectivity index (χ4n) is 3.88. The zero-order valence-corrected chi connectivity index (χ0v) is 18.3. The third-order valence-corrected chi connectivity index (χ3v) is 6.15. The zero-order chi connectivity index (χ0) is 22.4. The van der Waals surface area contributed by atoms with E-state index in [9.17, 15) is 9.59 Å². The molecule has 1 amide bonds. The average Bonchev–Trinajstić information content (AvgIpc) is 3.34. The van der Waals surface area contributed by atoms with Gasteiger partial charge in [0.2, 0.25) is 10.9 Å². The summed E-state index contributed by atoms with van der Waals surface area (Å²) in [6.45, 7) is 7.76. The summed E-state index contributed by atoms with van der Waals surface area (Å²) >= 11 is 1.29. The van der Waals surface area contributed by atoms with Crippen LogP contribution in [0.25, 0.3) is 11.0 Å².